The van der Waals surface area contributed by atoms with Gasteiger partial charge in [-0.05, 0) is 67.1 Å². The number of para-hydroxylation sites is 2. The third kappa shape index (κ3) is 9.91. The first kappa shape index (κ1) is 41.2. The van der Waals surface area contributed by atoms with Gasteiger partial charge in [0.15, 0.2) is 11.4 Å². The number of imidazole rings is 1. The van der Waals surface area contributed by atoms with Gasteiger partial charge < -0.3 is 29.8 Å². The number of nitrogens with zero attached hydrogens (tertiary/aromatic N) is 6. The minimum atomic E-state index is -2.95. The minimum absolute atomic E-state index is 0.0794. The predicted octanol–water partition coefficient (Wildman–Crippen LogP) is 4.85. The lowest BCUT2D eigenvalue weighted by molar-refractivity contribution is -0.135. The van der Waals surface area contributed by atoms with Crippen LogP contribution in [0.4, 0.5) is 20.3 Å². The van der Waals surface area contributed by atoms with Gasteiger partial charge in [0, 0.05) is 37.8 Å². The number of hydrogen-bond donors (Lipinski definition) is 4. The molecule has 17 nitrogen and oxygen atoms in total. The number of benzene rings is 2. The molecule has 0 radical (unpaired) electrons. The topological polar surface area (TPSA) is 201 Å². The fraction of sp³-hybridized carbons (Fsp3) is 0.357. The Morgan fingerprint density at radius 1 is 0.967 bits per heavy atom. The summed E-state index contributed by atoms with van der Waals surface area (Å²) in [6.45, 7) is 3.56. The van der Waals surface area contributed by atoms with E-state index in [1.54, 1.807) is 47.2 Å². The van der Waals surface area contributed by atoms with Crippen LogP contribution in [0.5, 0.6) is 0 Å². The van der Waals surface area contributed by atoms with Gasteiger partial charge in [0.1, 0.15) is 18.1 Å². The first-order valence-corrected chi connectivity index (χ1v) is 20.1. The molecule has 1 saturated heterocycles. The Labute approximate surface area is 347 Å². The quantitative estimate of drug-likeness (QED) is 0.0603. The number of pyridine rings is 1. The fourth-order valence-corrected chi connectivity index (χ4v) is 7.00. The van der Waals surface area contributed by atoms with E-state index in [0.29, 0.717) is 66.9 Å². The largest absolute Gasteiger partial charge is 0.444 e. The highest BCUT2D eigenvalue weighted by atomic mass is 19.3. The van der Waals surface area contributed by atoms with Gasteiger partial charge >= 0.3 is 5.69 Å². The average Bonchev–Trinajstić information content (AvgIpc) is 3.65. The lowest BCUT2D eigenvalue weighted by atomic mass is 10.1. The number of halogens is 2. The van der Waals surface area contributed by atoms with E-state index in [1.807, 2.05) is 24.3 Å². The van der Waals surface area contributed by atoms with Gasteiger partial charge in [0.2, 0.25) is 17.7 Å². The van der Waals surface area contributed by atoms with Crippen molar-refractivity contribution in [3.63, 3.8) is 0 Å². The molecular weight excluding hydrogens is 795 g/mol. The predicted molar refractivity (Wildman–Crippen MR) is 218 cm³/mol. The van der Waals surface area contributed by atoms with E-state index in [4.69, 9.17) is 13.9 Å². The van der Waals surface area contributed by atoms with Crippen LogP contribution >= 0.6 is 0 Å². The number of imide groups is 1. The molecule has 1 atom stereocenters. The van der Waals surface area contributed by atoms with Gasteiger partial charge in [0.25, 0.3) is 12.3 Å². The van der Waals surface area contributed by atoms with E-state index in [1.165, 1.54) is 34.6 Å². The van der Waals surface area contributed by atoms with Gasteiger partial charge in [-0.3, -0.25) is 28.8 Å². The Morgan fingerprint density at radius 2 is 1.75 bits per heavy atom. The van der Waals surface area contributed by atoms with Crippen LogP contribution in [0.3, 0.4) is 0 Å². The van der Waals surface area contributed by atoms with Crippen molar-refractivity contribution < 1.29 is 37.1 Å². The van der Waals surface area contributed by atoms with E-state index in [0.717, 1.165) is 12.1 Å². The number of alkyl halides is 2. The summed E-state index contributed by atoms with van der Waals surface area (Å²) in [7, 11) is 0. The number of ether oxygens (including phenoxy) is 2. The van der Waals surface area contributed by atoms with E-state index >= 15 is 0 Å². The molecule has 5 heterocycles. The van der Waals surface area contributed by atoms with E-state index in [9.17, 15) is 28.0 Å². The number of hydrogen-bond acceptors (Lipinski definition) is 12. The minimum Gasteiger partial charge on any atom is -0.444 e. The summed E-state index contributed by atoms with van der Waals surface area (Å²) >= 11 is 0. The number of fused-ring (bicyclic) bond motifs is 1. The highest BCUT2D eigenvalue weighted by Crippen LogP contribution is 2.30. The van der Waals surface area contributed by atoms with Crippen LogP contribution in [0.25, 0.3) is 28.2 Å². The lowest BCUT2D eigenvalue weighted by Crippen LogP contribution is -2.44. The maximum atomic E-state index is 14.0. The number of carbonyl (C=O) groups is 3. The summed E-state index contributed by atoms with van der Waals surface area (Å²) in [5.41, 5.74) is 2.24. The van der Waals surface area contributed by atoms with Crippen molar-refractivity contribution in [1.29, 1.82) is 0 Å². The van der Waals surface area contributed by atoms with Crippen LogP contribution in [0.15, 0.2) is 88.5 Å². The van der Waals surface area contributed by atoms with Gasteiger partial charge in [-0.1, -0.05) is 24.3 Å². The molecule has 0 spiro atoms. The van der Waals surface area contributed by atoms with E-state index < -0.39 is 30.0 Å². The van der Waals surface area contributed by atoms with Crippen LogP contribution in [0.1, 0.15) is 59.9 Å². The van der Waals surface area contributed by atoms with E-state index in [2.05, 4.69) is 36.3 Å². The van der Waals surface area contributed by atoms with Crippen LogP contribution in [-0.4, -0.2) is 86.1 Å². The highest BCUT2D eigenvalue weighted by molar-refractivity contribution is 6.03. The molecule has 318 valence electrons. The molecule has 8 rings (SSSR count). The van der Waals surface area contributed by atoms with Crippen molar-refractivity contribution in [2.45, 2.75) is 51.2 Å². The number of anilines is 2. The highest BCUT2D eigenvalue weighted by Gasteiger charge is 2.31. The first-order valence-electron chi connectivity index (χ1n) is 20.1. The normalized spacial score (nSPS) is 15.4. The molecule has 1 aliphatic heterocycles. The van der Waals surface area contributed by atoms with Crippen LogP contribution in [-0.2, 0) is 32.2 Å². The lowest BCUT2D eigenvalue weighted by Gasteiger charge is -2.21. The zero-order chi connectivity index (χ0) is 42.3. The molecule has 6 aromatic rings. The van der Waals surface area contributed by atoms with Crippen molar-refractivity contribution in [3.8, 4) is 17.1 Å². The molecule has 1 unspecified atom stereocenters. The summed E-state index contributed by atoms with van der Waals surface area (Å²) in [6, 6.07) is 17.1. The van der Waals surface area contributed by atoms with Gasteiger partial charge in [-0.15, -0.1) is 0 Å². The van der Waals surface area contributed by atoms with Crippen LogP contribution in [0.2, 0.25) is 0 Å². The third-order valence-corrected chi connectivity index (χ3v) is 10.4. The zero-order valence-electron chi connectivity index (χ0n) is 33.0. The Balaban J connectivity index is 0.758. The molecule has 4 N–H and O–H groups in total. The number of piperidine rings is 1. The summed E-state index contributed by atoms with van der Waals surface area (Å²) in [5.74, 6) is -0.0257. The SMILES string of the molecule is O=C1CCC(n2c(=O)n(CCOCCOCCNCc3ccc(-n4cc(NC(=O)c5coc(-c6ccnc(NCC7CC7)c6)n5)c(C(F)F)n4)cc3)c3ccccc32)C(=O)N1. The summed E-state index contributed by atoms with van der Waals surface area (Å²) in [5, 5.41) is 15.4. The average molecular weight is 839 g/mol. The smallest absolute Gasteiger partial charge is 0.329 e. The Morgan fingerprint density at radius 3 is 2.52 bits per heavy atom. The Hall–Kier alpha value is -6.57. The monoisotopic (exact) mass is 838 g/mol. The number of carbonyl (C=O) groups excluding carboxylic acids is 3. The molecule has 2 aromatic carbocycles. The molecule has 1 aliphatic carbocycles. The standard InChI is InChI=1S/C42H44F2N10O7/c43-38(44)37-30(48-39(56)31-25-61-41(49-31)28-13-14-46-35(21-28)47-23-27-5-6-27)24-53(51-37)29-9-7-26(8-10-29)22-45-15-17-59-19-20-60-18-16-52-32-3-1-2-4-33(32)54(42(52)58)34-11-12-36(55)50-40(34)57/h1-4,7-10,13-14,21,24-25,27,34,38,45H,5-6,11-12,15-20,22-23H2,(H,46,47)(H,48,56)(H,50,55,57). The second-order valence-electron chi connectivity index (χ2n) is 14.7. The van der Waals surface area contributed by atoms with Gasteiger partial charge in [-0.2, -0.15) is 5.10 Å². The van der Waals surface area contributed by atoms with Crippen molar-refractivity contribution in [2.75, 3.05) is 50.2 Å². The second-order valence-corrected chi connectivity index (χ2v) is 14.7. The molecule has 4 aromatic heterocycles. The molecule has 2 fully saturated rings. The molecule has 2 aliphatic rings. The fourth-order valence-electron chi connectivity index (χ4n) is 7.00. The molecule has 61 heavy (non-hydrogen) atoms. The Kier molecular flexibility index (Phi) is 12.7. The molecule has 19 heteroatoms. The second kappa shape index (κ2) is 18.8. The molecule has 1 saturated carbocycles. The number of aromatic nitrogens is 6. The van der Waals surface area contributed by atoms with Crippen molar-refractivity contribution in [3.05, 3.63) is 107 Å². The van der Waals surface area contributed by atoms with Gasteiger partial charge in [-0.25, -0.2) is 28.2 Å². The number of amides is 3. The first-order chi connectivity index (χ1) is 29.7. The van der Waals surface area contributed by atoms with Crippen molar-refractivity contribution >= 4 is 40.3 Å². The Bertz CT molecular complexity index is 2560. The number of oxazole rings is 1. The maximum absolute atomic E-state index is 14.0. The molecule has 0 bridgehead atoms. The summed E-state index contributed by atoms with van der Waals surface area (Å²) < 4.78 is 49.3. The van der Waals surface area contributed by atoms with Crippen LogP contribution < -0.4 is 27.0 Å². The zero-order valence-corrected chi connectivity index (χ0v) is 33.0. The summed E-state index contributed by atoms with van der Waals surface area (Å²) in [6.07, 6.45) is 4.00. The van der Waals surface area contributed by atoms with E-state index in [-0.39, 0.29) is 54.9 Å². The third-order valence-electron chi connectivity index (χ3n) is 10.4. The molecule has 3 amide bonds. The van der Waals surface area contributed by atoms with Crippen molar-refractivity contribution in [2.24, 2.45) is 5.92 Å². The number of nitrogens with one attached hydrogen (secondary N) is 4. The van der Waals surface area contributed by atoms with Gasteiger partial charge in [0.05, 0.1) is 61.6 Å². The maximum Gasteiger partial charge on any atom is 0.329 e. The summed E-state index contributed by atoms with van der Waals surface area (Å²) in [4.78, 5) is 59.2. The number of rotatable bonds is 20. The van der Waals surface area contributed by atoms with Crippen molar-refractivity contribution in [1.82, 2.24) is 39.5 Å². The molecular formula is C42H44F2N10O7. The van der Waals surface area contributed by atoms with Crippen LogP contribution in [0, 0.1) is 5.92 Å².